The Morgan fingerprint density at radius 2 is 1.87 bits per heavy atom. The Hall–Kier alpha value is -2.54. The molecule has 7 heteroatoms. The van der Waals surface area contributed by atoms with Crippen molar-refractivity contribution in [1.29, 1.82) is 0 Å². The minimum Gasteiger partial charge on any atom is -0.493 e. The molecule has 0 saturated heterocycles. The first kappa shape index (κ1) is 23.7. The standard InChI is InChI=1S/C23H29BrN2O4/c1-4-5-13-25-23(28)17(2)26(15-18-9-8-10-19(24)14-18)22(27)16-30-21-12-7-6-11-20(21)29-3/h6-12,14,17H,4-5,13,15-16H2,1-3H3,(H,25,28)/t17-/m0/s1. The molecule has 2 aromatic carbocycles. The van der Waals surface area contributed by atoms with Gasteiger partial charge in [0, 0.05) is 17.6 Å². The quantitative estimate of drug-likeness (QED) is 0.494. The fraction of sp³-hybridized carbons (Fsp3) is 0.391. The zero-order valence-corrected chi connectivity index (χ0v) is 19.3. The number of amides is 2. The van der Waals surface area contributed by atoms with E-state index >= 15 is 0 Å². The van der Waals surface area contributed by atoms with Gasteiger partial charge < -0.3 is 19.7 Å². The van der Waals surface area contributed by atoms with Crippen LogP contribution in [0.4, 0.5) is 0 Å². The van der Waals surface area contributed by atoms with Gasteiger partial charge in [0.25, 0.3) is 5.91 Å². The van der Waals surface area contributed by atoms with Crippen molar-refractivity contribution in [3.8, 4) is 11.5 Å². The number of hydrogen-bond acceptors (Lipinski definition) is 4. The van der Waals surface area contributed by atoms with E-state index in [2.05, 4.69) is 28.2 Å². The Morgan fingerprint density at radius 1 is 1.13 bits per heavy atom. The molecule has 30 heavy (non-hydrogen) atoms. The smallest absolute Gasteiger partial charge is 0.261 e. The Balaban J connectivity index is 2.14. The van der Waals surface area contributed by atoms with Crippen LogP contribution in [0, 0.1) is 0 Å². The minimum absolute atomic E-state index is 0.177. The lowest BCUT2D eigenvalue weighted by Crippen LogP contribution is -2.49. The van der Waals surface area contributed by atoms with Crippen LogP contribution in [-0.2, 0) is 16.1 Å². The number of methoxy groups -OCH3 is 1. The summed E-state index contributed by atoms with van der Waals surface area (Å²) in [6.45, 7) is 4.50. The molecule has 1 N–H and O–H groups in total. The molecule has 0 unspecified atom stereocenters. The van der Waals surface area contributed by atoms with Crippen molar-refractivity contribution in [2.75, 3.05) is 20.3 Å². The molecule has 0 heterocycles. The molecular weight excluding hydrogens is 448 g/mol. The first-order valence-corrected chi connectivity index (χ1v) is 10.8. The highest BCUT2D eigenvalue weighted by Gasteiger charge is 2.26. The highest BCUT2D eigenvalue weighted by molar-refractivity contribution is 9.10. The van der Waals surface area contributed by atoms with Crippen LogP contribution in [0.5, 0.6) is 11.5 Å². The maximum atomic E-state index is 13.0. The maximum Gasteiger partial charge on any atom is 0.261 e. The molecule has 0 spiro atoms. The van der Waals surface area contributed by atoms with Gasteiger partial charge in [-0.15, -0.1) is 0 Å². The number of carbonyl (C=O) groups is 2. The number of benzene rings is 2. The predicted molar refractivity (Wildman–Crippen MR) is 121 cm³/mol. The zero-order valence-electron chi connectivity index (χ0n) is 17.7. The van der Waals surface area contributed by atoms with Gasteiger partial charge in [0.2, 0.25) is 5.91 Å². The van der Waals surface area contributed by atoms with Crippen LogP contribution >= 0.6 is 15.9 Å². The number of hydrogen-bond donors (Lipinski definition) is 1. The van der Waals surface area contributed by atoms with Gasteiger partial charge in [-0.3, -0.25) is 9.59 Å². The summed E-state index contributed by atoms with van der Waals surface area (Å²) >= 11 is 3.45. The molecule has 0 aromatic heterocycles. The van der Waals surface area contributed by atoms with Crippen LogP contribution in [-0.4, -0.2) is 43.0 Å². The third-order valence-electron chi connectivity index (χ3n) is 4.66. The molecule has 0 aliphatic heterocycles. The summed E-state index contributed by atoms with van der Waals surface area (Å²) in [5.41, 5.74) is 0.920. The Morgan fingerprint density at radius 3 is 2.53 bits per heavy atom. The number of para-hydroxylation sites is 2. The number of halogens is 1. The van der Waals surface area contributed by atoms with Gasteiger partial charge in [-0.25, -0.2) is 0 Å². The Labute approximate surface area is 186 Å². The molecule has 1 atom stereocenters. The Kier molecular flexibility index (Phi) is 9.67. The van der Waals surface area contributed by atoms with E-state index in [-0.39, 0.29) is 18.4 Å². The second-order valence-electron chi connectivity index (χ2n) is 6.91. The summed E-state index contributed by atoms with van der Waals surface area (Å²) in [7, 11) is 1.55. The van der Waals surface area contributed by atoms with E-state index in [4.69, 9.17) is 9.47 Å². The lowest BCUT2D eigenvalue weighted by Gasteiger charge is -2.29. The molecule has 6 nitrogen and oxygen atoms in total. The predicted octanol–water partition coefficient (Wildman–Crippen LogP) is 4.17. The highest BCUT2D eigenvalue weighted by atomic mass is 79.9. The van der Waals surface area contributed by atoms with E-state index < -0.39 is 6.04 Å². The normalized spacial score (nSPS) is 11.5. The van der Waals surface area contributed by atoms with Crippen LogP contribution in [0.25, 0.3) is 0 Å². The van der Waals surface area contributed by atoms with E-state index in [9.17, 15) is 9.59 Å². The summed E-state index contributed by atoms with van der Waals surface area (Å²) in [4.78, 5) is 27.2. The molecule has 0 bridgehead atoms. The van der Waals surface area contributed by atoms with Crippen molar-refractivity contribution in [2.24, 2.45) is 0 Å². The van der Waals surface area contributed by atoms with Gasteiger partial charge in [0.1, 0.15) is 6.04 Å². The van der Waals surface area contributed by atoms with Gasteiger partial charge >= 0.3 is 0 Å². The first-order valence-electron chi connectivity index (χ1n) is 10.0. The number of unbranched alkanes of at least 4 members (excludes halogenated alkanes) is 1. The van der Waals surface area contributed by atoms with Crippen LogP contribution < -0.4 is 14.8 Å². The van der Waals surface area contributed by atoms with Crippen molar-refractivity contribution in [2.45, 2.75) is 39.3 Å². The second kappa shape index (κ2) is 12.2. The number of rotatable bonds is 11. The monoisotopic (exact) mass is 476 g/mol. The number of carbonyl (C=O) groups excluding carboxylic acids is 2. The fourth-order valence-corrected chi connectivity index (χ4v) is 3.36. The van der Waals surface area contributed by atoms with Crippen molar-refractivity contribution in [3.63, 3.8) is 0 Å². The van der Waals surface area contributed by atoms with Gasteiger partial charge in [0.15, 0.2) is 18.1 Å². The minimum atomic E-state index is -0.630. The summed E-state index contributed by atoms with van der Waals surface area (Å²) in [6, 6.07) is 14.2. The second-order valence-corrected chi connectivity index (χ2v) is 7.83. The average molecular weight is 477 g/mol. The van der Waals surface area contributed by atoms with Crippen LogP contribution in [0.3, 0.4) is 0 Å². The van der Waals surface area contributed by atoms with Crippen molar-refractivity contribution in [3.05, 3.63) is 58.6 Å². The highest BCUT2D eigenvalue weighted by Crippen LogP contribution is 2.26. The van der Waals surface area contributed by atoms with E-state index in [1.54, 1.807) is 31.1 Å². The van der Waals surface area contributed by atoms with Crippen molar-refractivity contribution in [1.82, 2.24) is 10.2 Å². The average Bonchev–Trinajstić information content (AvgIpc) is 2.75. The molecule has 2 aromatic rings. The molecule has 0 aliphatic carbocycles. The van der Waals surface area contributed by atoms with E-state index in [1.165, 1.54) is 0 Å². The Bertz CT molecular complexity index is 843. The molecule has 2 rings (SSSR count). The van der Waals surface area contributed by atoms with E-state index in [0.717, 1.165) is 22.9 Å². The third-order valence-corrected chi connectivity index (χ3v) is 5.15. The first-order chi connectivity index (χ1) is 14.5. The molecular formula is C23H29BrN2O4. The van der Waals surface area contributed by atoms with E-state index in [0.29, 0.717) is 24.6 Å². The van der Waals surface area contributed by atoms with Crippen molar-refractivity contribution >= 4 is 27.7 Å². The van der Waals surface area contributed by atoms with Crippen LogP contribution in [0.2, 0.25) is 0 Å². The fourth-order valence-electron chi connectivity index (χ4n) is 2.91. The van der Waals surface area contributed by atoms with Gasteiger partial charge in [0.05, 0.1) is 7.11 Å². The molecule has 0 radical (unpaired) electrons. The van der Waals surface area contributed by atoms with Crippen molar-refractivity contribution < 1.29 is 19.1 Å². The van der Waals surface area contributed by atoms with Gasteiger partial charge in [-0.2, -0.15) is 0 Å². The lowest BCUT2D eigenvalue weighted by molar-refractivity contribution is -0.142. The number of nitrogens with zero attached hydrogens (tertiary/aromatic N) is 1. The molecule has 0 aliphatic rings. The van der Waals surface area contributed by atoms with Crippen LogP contribution in [0.15, 0.2) is 53.0 Å². The number of ether oxygens (including phenoxy) is 2. The lowest BCUT2D eigenvalue weighted by atomic mass is 10.1. The summed E-state index contributed by atoms with van der Waals surface area (Å²) in [5, 5.41) is 2.90. The van der Waals surface area contributed by atoms with E-state index in [1.807, 2.05) is 36.4 Å². The SMILES string of the molecule is CCCCNC(=O)[C@H](C)N(Cc1cccc(Br)c1)C(=O)COc1ccccc1OC. The zero-order chi connectivity index (χ0) is 21.9. The maximum absolute atomic E-state index is 13.0. The number of nitrogens with one attached hydrogen (secondary N) is 1. The molecule has 0 saturated carbocycles. The summed E-state index contributed by atoms with van der Waals surface area (Å²) < 4.78 is 11.9. The molecule has 2 amide bonds. The molecule has 162 valence electrons. The molecule has 0 fully saturated rings. The largest absolute Gasteiger partial charge is 0.493 e. The summed E-state index contributed by atoms with van der Waals surface area (Å²) in [6.07, 6.45) is 1.89. The van der Waals surface area contributed by atoms with Crippen LogP contribution in [0.1, 0.15) is 32.3 Å². The summed E-state index contributed by atoms with van der Waals surface area (Å²) in [5.74, 6) is 0.577. The topological polar surface area (TPSA) is 67.9 Å². The van der Waals surface area contributed by atoms with Gasteiger partial charge in [-0.05, 0) is 43.2 Å². The van der Waals surface area contributed by atoms with Gasteiger partial charge in [-0.1, -0.05) is 53.5 Å². The third kappa shape index (κ3) is 7.06.